The molecule has 0 spiro atoms. The van der Waals surface area contributed by atoms with Gasteiger partial charge in [-0.3, -0.25) is 0 Å². The van der Waals surface area contributed by atoms with Crippen LogP contribution in [0.5, 0.6) is 5.75 Å². The number of thiocarbonyl (C=S) groups is 1. The molecule has 1 aliphatic heterocycles. The third kappa shape index (κ3) is 5.34. The molecule has 0 aliphatic carbocycles. The largest absolute Gasteiger partial charge is 0.492 e. The summed E-state index contributed by atoms with van der Waals surface area (Å²) < 4.78 is 11.1. The molecular formula is C21H27N3O2S. The zero-order chi connectivity index (χ0) is 19.1. The number of rotatable bonds is 6. The van der Waals surface area contributed by atoms with Gasteiger partial charge in [0.2, 0.25) is 0 Å². The molecule has 6 heteroatoms. The lowest BCUT2D eigenvalue weighted by Crippen LogP contribution is -2.36. The fourth-order valence-corrected chi connectivity index (χ4v) is 3.37. The number of nitrogens with one attached hydrogen (secondary N) is 2. The van der Waals surface area contributed by atoms with Crippen molar-refractivity contribution in [2.24, 2.45) is 0 Å². The van der Waals surface area contributed by atoms with Gasteiger partial charge in [0.05, 0.1) is 31.5 Å². The van der Waals surface area contributed by atoms with E-state index in [0.29, 0.717) is 11.7 Å². The third-order valence-electron chi connectivity index (χ3n) is 4.55. The predicted octanol–water partition coefficient (Wildman–Crippen LogP) is 3.97. The van der Waals surface area contributed by atoms with E-state index in [1.54, 1.807) is 0 Å². The maximum Gasteiger partial charge on any atom is 0.171 e. The minimum Gasteiger partial charge on any atom is -0.492 e. The summed E-state index contributed by atoms with van der Waals surface area (Å²) in [5.74, 6) is 0.798. The fourth-order valence-electron chi connectivity index (χ4n) is 3.09. The minimum atomic E-state index is 0.1000. The molecule has 2 aromatic rings. The summed E-state index contributed by atoms with van der Waals surface area (Å²) in [6, 6.07) is 16.5. The Labute approximate surface area is 166 Å². The minimum absolute atomic E-state index is 0.1000. The summed E-state index contributed by atoms with van der Waals surface area (Å²) in [6.07, 6.45) is 0. The van der Waals surface area contributed by atoms with E-state index in [0.717, 1.165) is 37.7 Å². The lowest BCUT2D eigenvalue weighted by atomic mass is 10.1. The molecule has 0 saturated carbocycles. The third-order valence-corrected chi connectivity index (χ3v) is 4.77. The van der Waals surface area contributed by atoms with Crippen molar-refractivity contribution in [2.75, 3.05) is 43.1 Å². The van der Waals surface area contributed by atoms with Crippen LogP contribution in [0.25, 0.3) is 0 Å². The van der Waals surface area contributed by atoms with Crippen molar-refractivity contribution in [3.05, 3.63) is 54.1 Å². The average molecular weight is 386 g/mol. The Balaban J connectivity index is 1.58. The van der Waals surface area contributed by atoms with Gasteiger partial charge in [0.25, 0.3) is 0 Å². The standard InChI is InChI=1S/C21H27N3O2S/c1-3-26-20-7-5-4-6-19(20)23-21(27)22-16(2)17-8-10-18(11-9-17)24-12-14-25-15-13-24/h4-11,16H,3,12-15H2,1-2H3,(H2,22,23,27)/t16-/m0/s1. The highest BCUT2D eigenvalue weighted by Gasteiger charge is 2.13. The second-order valence-corrected chi connectivity index (χ2v) is 6.85. The van der Waals surface area contributed by atoms with E-state index in [9.17, 15) is 0 Å². The van der Waals surface area contributed by atoms with Gasteiger partial charge in [-0.1, -0.05) is 24.3 Å². The van der Waals surface area contributed by atoms with Crippen LogP contribution in [0.2, 0.25) is 0 Å². The van der Waals surface area contributed by atoms with Crippen molar-refractivity contribution in [3.63, 3.8) is 0 Å². The maximum atomic E-state index is 5.63. The molecule has 144 valence electrons. The Morgan fingerprint density at radius 1 is 1.15 bits per heavy atom. The molecule has 2 N–H and O–H groups in total. The predicted molar refractivity (Wildman–Crippen MR) is 115 cm³/mol. The van der Waals surface area contributed by atoms with E-state index in [2.05, 4.69) is 46.7 Å². The molecular weight excluding hydrogens is 358 g/mol. The number of hydrogen-bond acceptors (Lipinski definition) is 4. The number of anilines is 2. The van der Waals surface area contributed by atoms with Gasteiger partial charge in [-0.15, -0.1) is 0 Å². The van der Waals surface area contributed by atoms with E-state index < -0.39 is 0 Å². The first-order chi connectivity index (χ1) is 13.2. The highest BCUT2D eigenvalue weighted by molar-refractivity contribution is 7.80. The van der Waals surface area contributed by atoms with E-state index in [4.69, 9.17) is 21.7 Å². The molecule has 5 nitrogen and oxygen atoms in total. The van der Waals surface area contributed by atoms with E-state index in [1.807, 2.05) is 31.2 Å². The van der Waals surface area contributed by atoms with Crippen LogP contribution in [-0.4, -0.2) is 38.0 Å². The Morgan fingerprint density at radius 2 is 1.85 bits per heavy atom. The Morgan fingerprint density at radius 3 is 2.56 bits per heavy atom. The fraction of sp³-hybridized carbons (Fsp3) is 0.381. The molecule has 1 atom stereocenters. The molecule has 27 heavy (non-hydrogen) atoms. The average Bonchev–Trinajstić information content (AvgIpc) is 2.70. The molecule has 0 amide bonds. The first-order valence-corrected chi connectivity index (χ1v) is 9.80. The summed E-state index contributed by atoms with van der Waals surface area (Å²) >= 11 is 5.48. The van der Waals surface area contributed by atoms with Gasteiger partial charge in [-0.2, -0.15) is 0 Å². The van der Waals surface area contributed by atoms with Crippen molar-refractivity contribution in [2.45, 2.75) is 19.9 Å². The topological polar surface area (TPSA) is 45.8 Å². The number of hydrogen-bond donors (Lipinski definition) is 2. The molecule has 1 fully saturated rings. The van der Waals surface area contributed by atoms with Crippen LogP contribution in [0.3, 0.4) is 0 Å². The van der Waals surface area contributed by atoms with Crippen molar-refractivity contribution in [1.29, 1.82) is 0 Å². The molecule has 0 unspecified atom stereocenters. The zero-order valence-corrected chi connectivity index (χ0v) is 16.7. The van der Waals surface area contributed by atoms with E-state index >= 15 is 0 Å². The van der Waals surface area contributed by atoms with Gasteiger partial charge in [0, 0.05) is 18.8 Å². The second kappa shape index (κ2) is 9.58. The normalized spacial score (nSPS) is 15.1. The molecule has 0 radical (unpaired) electrons. The monoisotopic (exact) mass is 385 g/mol. The SMILES string of the molecule is CCOc1ccccc1NC(=S)N[C@@H](C)c1ccc(N2CCOCC2)cc1. The Hall–Kier alpha value is -2.31. The van der Waals surface area contributed by atoms with Gasteiger partial charge < -0.3 is 25.0 Å². The molecule has 1 saturated heterocycles. The van der Waals surface area contributed by atoms with Crippen LogP contribution < -0.4 is 20.3 Å². The summed E-state index contributed by atoms with van der Waals surface area (Å²) in [5, 5.41) is 7.15. The van der Waals surface area contributed by atoms with Crippen LogP contribution in [-0.2, 0) is 4.74 Å². The lowest BCUT2D eigenvalue weighted by Gasteiger charge is -2.29. The molecule has 3 rings (SSSR count). The quantitative estimate of drug-likeness (QED) is 0.734. The molecule has 1 aliphatic rings. The molecule has 0 aromatic heterocycles. The number of benzene rings is 2. The van der Waals surface area contributed by atoms with Gasteiger partial charge in [-0.05, 0) is 55.9 Å². The lowest BCUT2D eigenvalue weighted by molar-refractivity contribution is 0.122. The van der Waals surface area contributed by atoms with E-state index in [1.165, 1.54) is 11.3 Å². The number of ether oxygens (including phenoxy) is 2. The van der Waals surface area contributed by atoms with Gasteiger partial charge >= 0.3 is 0 Å². The van der Waals surface area contributed by atoms with Crippen LogP contribution in [0.15, 0.2) is 48.5 Å². The summed E-state index contributed by atoms with van der Waals surface area (Å²) in [4.78, 5) is 2.35. The van der Waals surface area contributed by atoms with Crippen molar-refractivity contribution < 1.29 is 9.47 Å². The summed E-state index contributed by atoms with van der Waals surface area (Å²) in [7, 11) is 0. The van der Waals surface area contributed by atoms with E-state index in [-0.39, 0.29) is 6.04 Å². The molecule has 0 bridgehead atoms. The molecule has 2 aromatic carbocycles. The first kappa shape index (κ1) is 19.5. The Bertz CT molecular complexity index is 745. The van der Waals surface area contributed by atoms with Crippen LogP contribution >= 0.6 is 12.2 Å². The van der Waals surface area contributed by atoms with Gasteiger partial charge in [0.15, 0.2) is 5.11 Å². The summed E-state index contributed by atoms with van der Waals surface area (Å²) in [5.41, 5.74) is 3.29. The number of morpholine rings is 1. The smallest absolute Gasteiger partial charge is 0.171 e. The van der Waals surface area contributed by atoms with Crippen LogP contribution in [0.4, 0.5) is 11.4 Å². The highest BCUT2D eigenvalue weighted by Crippen LogP contribution is 2.24. The van der Waals surface area contributed by atoms with Crippen LogP contribution in [0.1, 0.15) is 25.5 Å². The van der Waals surface area contributed by atoms with Crippen molar-refractivity contribution in [1.82, 2.24) is 5.32 Å². The van der Waals surface area contributed by atoms with Crippen molar-refractivity contribution in [3.8, 4) is 5.75 Å². The first-order valence-electron chi connectivity index (χ1n) is 9.39. The maximum absolute atomic E-state index is 5.63. The molecule has 1 heterocycles. The van der Waals surface area contributed by atoms with Crippen molar-refractivity contribution >= 4 is 28.7 Å². The van der Waals surface area contributed by atoms with Gasteiger partial charge in [-0.25, -0.2) is 0 Å². The summed E-state index contributed by atoms with van der Waals surface area (Å²) in [6.45, 7) is 8.17. The highest BCUT2D eigenvalue weighted by atomic mass is 32.1. The zero-order valence-electron chi connectivity index (χ0n) is 15.9. The van der Waals surface area contributed by atoms with Crippen LogP contribution in [0, 0.1) is 0 Å². The second-order valence-electron chi connectivity index (χ2n) is 6.44. The van der Waals surface area contributed by atoms with Gasteiger partial charge in [0.1, 0.15) is 5.75 Å². The number of nitrogens with zero attached hydrogens (tertiary/aromatic N) is 1. The Kier molecular flexibility index (Phi) is 6.90. The number of para-hydroxylation sites is 2.